The first kappa shape index (κ1) is 22.3. The number of cyclic esters (lactones) is 1. The van der Waals surface area contributed by atoms with E-state index < -0.39 is 39.8 Å². The van der Waals surface area contributed by atoms with Crippen LogP contribution in [0.2, 0.25) is 0 Å². The van der Waals surface area contributed by atoms with E-state index in [1.165, 1.54) is 11.0 Å². The summed E-state index contributed by atoms with van der Waals surface area (Å²) in [6.45, 7) is 1.00. The van der Waals surface area contributed by atoms with Gasteiger partial charge in [0.25, 0.3) is 10.1 Å². The molecule has 1 aromatic rings. The molecule has 164 valence electrons. The van der Waals surface area contributed by atoms with Crippen molar-refractivity contribution < 1.29 is 32.0 Å². The standard InChI is InChI=1S/C19H24FN3O6S/c20-17-9-15(23-11-16(29-19(23)25)5-8-30(26,27)28)1-2-18(17)22-6-3-13(4-7-22)14(10-21)12-24/h1-2,9,13-14,16,24H,3-8,11-12H2,(H,26,27,28)/t14?,16-/m1/s1. The van der Waals surface area contributed by atoms with Gasteiger partial charge >= 0.3 is 6.09 Å². The van der Waals surface area contributed by atoms with Crippen LogP contribution in [0.25, 0.3) is 0 Å². The maximum Gasteiger partial charge on any atom is 0.414 e. The highest BCUT2D eigenvalue weighted by atomic mass is 32.2. The average molecular weight is 441 g/mol. The number of rotatable bonds is 7. The summed E-state index contributed by atoms with van der Waals surface area (Å²) in [4.78, 5) is 15.2. The number of nitriles is 1. The zero-order valence-corrected chi connectivity index (χ0v) is 17.1. The van der Waals surface area contributed by atoms with Crippen molar-refractivity contribution in [2.24, 2.45) is 11.8 Å². The highest BCUT2D eigenvalue weighted by molar-refractivity contribution is 7.85. The number of nitrogens with zero attached hydrogens (tertiary/aromatic N) is 3. The van der Waals surface area contributed by atoms with E-state index in [-0.39, 0.29) is 25.5 Å². The molecule has 0 bridgehead atoms. The first-order valence-electron chi connectivity index (χ1n) is 9.70. The summed E-state index contributed by atoms with van der Waals surface area (Å²) in [6, 6.07) is 6.53. The molecular formula is C19H24FN3O6S. The molecule has 9 nitrogen and oxygen atoms in total. The van der Waals surface area contributed by atoms with Gasteiger partial charge in [-0.1, -0.05) is 0 Å². The molecule has 0 aliphatic carbocycles. The number of aliphatic hydroxyl groups is 1. The van der Waals surface area contributed by atoms with E-state index in [2.05, 4.69) is 6.07 Å². The van der Waals surface area contributed by atoms with Gasteiger partial charge in [-0.25, -0.2) is 9.18 Å². The van der Waals surface area contributed by atoms with Gasteiger partial charge in [0, 0.05) is 19.5 Å². The number of hydrogen-bond donors (Lipinski definition) is 2. The third-order valence-electron chi connectivity index (χ3n) is 5.63. The summed E-state index contributed by atoms with van der Waals surface area (Å²) in [5, 5.41) is 18.4. The van der Waals surface area contributed by atoms with Crippen molar-refractivity contribution in [3.05, 3.63) is 24.0 Å². The number of halogens is 1. The van der Waals surface area contributed by atoms with Crippen molar-refractivity contribution in [1.82, 2.24) is 0 Å². The van der Waals surface area contributed by atoms with E-state index in [1.54, 1.807) is 12.1 Å². The normalized spacial score (nSPS) is 21.4. The molecule has 1 unspecified atom stereocenters. The van der Waals surface area contributed by atoms with Crippen LogP contribution in [0.5, 0.6) is 0 Å². The smallest absolute Gasteiger partial charge is 0.414 e. The molecule has 11 heteroatoms. The summed E-state index contributed by atoms with van der Waals surface area (Å²) in [6.07, 6.45) is -0.105. The zero-order chi connectivity index (χ0) is 21.9. The van der Waals surface area contributed by atoms with Crippen LogP contribution in [0.3, 0.4) is 0 Å². The molecule has 2 saturated heterocycles. The second-order valence-electron chi connectivity index (χ2n) is 7.57. The van der Waals surface area contributed by atoms with Crippen molar-refractivity contribution in [1.29, 1.82) is 5.26 Å². The molecule has 0 saturated carbocycles. The van der Waals surface area contributed by atoms with E-state index in [1.807, 2.05) is 4.90 Å². The number of ether oxygens (including phenoxy) is 1. The molecule has 0 aromatic heterocycles. The highest BCUT2D eigenvalue weighted by Gasteiger charge is 2.34. The van der Waals surface area contributed by atoms with Crippen molar-refractivity contribution >= 4 is 27.6 Å². The minimum atomic E-state index is -4.16. The Balaban J connectivity index is 1.63. The number of carbonyl (C=O) groups is 1. The molecule has 0 spiro atoms. The minimum absolute atomic E-state index is 0.0475. The summed E-state index contributed by atoms with van der Waals surface area (Å²) in [7, 11) is -4.16. The Hall–Kier alpha value is -2.42. The van der Waals surface area contributed by atoms with E-state index in [0.29, 0.717) is 37.3 Å². The fraction of sp³-hybridized carbons (Fsp3) is 0.579. The fourth-order valence-electron chi connectivity index (χ4n) is 3.92. The Morgan fingerprint density at radius 3 is 2.60 bits per heavy atom. The molecule has 2 atom stereocenters. The fourth-order valence-corrected chi connectivity index (χ4v) is 4.48. The van der Waals surface area contributed by atoms with Crippen molar-refractivity contribution in [3.8, 4) is 6.07 Å². The zero-order valence-electron chi connectivity index (χ0n) is 16.3. The van der Waals surface area contributed by atoms with Crippen LogP contribution >= 0.6 is 0 Å². The lowest BCUT2D eigenvalue weighted by molar-refractivity contribution is 0.139. The monoisotopic (exact) mass is 441 g/mol. The van der Waals surface area contributed by atoms with Crippen molar-refractivity contribution in [2.45, 2.75) is 25.4 Å². The van der Waals surface area contributed by atoms with Crippen LogP contribution < -0.4 is 9.80 Å². The van der Waals surface area contributed by atoms with E-state index in [0.717, 1.165) is 0 Å². The number of hydrogen-bond acceptors (Lipinski definition) is 7. The van der Waals surface area contributed by atoms with Gasteiger partial charge < -0.3 is 14.7 Å². The summed E-state index contributed by atoms with van der Waals surface area (Å²) in [5.41, 5.74) is 0.695. The first-order valence-corrected chi connectivity index (χ1v) is 11.3. The van der Waals surface area contributed by atoms with Crippen LogP contribution in [0.1, 0.15) is 19.3 Å². The number of amides is 1. The molecule has 2 heterocycles. The molecule has 2 fully saturated rings. The van der Waals surface area contributed by atoms with Crippen LogP contribution in [0.15, 0.2) is 18.2 Å². The maximum atomic E-state index is 14.8. The van der Waals surface area contributed by atoms with Gasteiger partial charge in [0.2, 0.25) is 0 Å². The molecule has 1 aromatic carbocycles. The van der Waals surface area contributed by atoms with Gasteiger partial charge in [0.1, 0.15) is 11.9 Å². The molecular weight excluding hydrogens is 417 g/mol. The lowest BCUT2D eigenvalue weighted by atomic mass is 9.85. The topological polar surface area (TPSA) is 131 Å². The first-order chi connectivity index (χ1) is 14.2. The van der Waals surface area contributed by atoms with Gasteiger partial charge in [-0.3, -0.25) is 9.45 Å². The van der Waals surface area contributed by atoms with Gasteiger partial charge in [-0.2, -0.15) is 13.7 Å². The van der Waals surface area contributed by atoms with Crippen LogP contribution in [-0.4, -0.2) is 62.3 Å². The Morgan fingerprint density at radius 1 is 1.33 bits per heavy atom. The van der Waals surface area contributed by atoms with Crippen LogP contribution in [0.4, 0.5) is 20.6 Å². The SMILES string of the molecule is N#CC(CO)C1CCN(c2ccc(N3C[C@@H](CCS(=O)(=O)O)OC3=O)cc2F)CC1. The van der Waals surface area contributed by atoms with E-state index in [9.17, 15) is 22.7 Å². The predicted molar refractivity (Wildman–Crippen MR) is 106 cm³/mol. The van der Waals surface area contributed by atoms with Gasteiger partial charge in [0.15, 0.2) is 0 Å². The lowest BCUT2D eigenvalue weighted by Crippen LogP contribution is -2.37. The number of anilines is 2. The average Bonchev–Trinajstić information content (AvgIpc) is 3.08. The number of carbonyl (C=O) groups excluding carboxylic acids is 1. The third-order valence-corrected chi connectivity index (χ3v) is 6.38. The number of benzene rings is 1. The van der Waals surface area contributed by atoms with Gasteiger partial charge in [0.05, 0.1) is 42.3 Å². The van der Waals surface area contributed by atoms with Gasteiger partial charge in [-0.05, 0) is 37.0 Å². The summed E-state index contributed by atoms with van der Waals surface area (Å²) >= 11 is 0. The molecule has 30 heavy (non-hydrogen) atoms. The van der Waals surface area contributed by atoms with Crippen LogP contribution in [0, 0.1) is 29.0 Å². The minimum Gasteiger partial charge on any atom is -0.444 e. The molecule has 0 radical (unpaired) electrons. The second kappa shape index (κ2) is 9.16. The Bertz CT molecular complexity index is 927. The van der Waals surface area contributed by atoms with Gasteiger partial charge in [-0.15, -0.1) is 0 Å². The van der Waals surface area contributed by atoms with E-state index >= 15 is 0 Å². The number of piperidine rings is 1. The molecule has 2 aliphatic rings. The molecule has 2 N–H and O–H groups in total. The third kappa shape index (κ3) is 5.19. The number of aliphatic hydroxyl groups excluding tert-OH is 1. The highest BCUT2D eigenvalue weighted by Crippen LogP contribution is 2.32. The Morgan fingerprint density at radius 2 is 2.03 bits per heavy atom. The van der Waals surface area contributed by atoms with E-state index in [4.69, 9.17) is 14.6 Å². The van der Waals surface area contributed by atoms with Crippen molar-refractivity contribution in [2.75, 3.05) is 41.8 Å². The lowest BCUT2D eigenvalue weighted by Gasteiger charge is -2.35. The quantitative estimate of drug-likeness (QED) is 0.612. The Labute approximate surface area is 174 Å². The van der Waals surface area contributed by atoms with Crippen LogP contribution in [-0.2, 0) is 14.9 Å². The maximum absolute atomic E-state index is 14.8. The second-order valence-corrected chi connectivity index (χ2v) is 9.14. The molecule has 1 amide bonds. The largest absolute Gasteiger partial charge is 0.444 e. The summed E-state index contributed by atoms with van der Waals surface area (Å²) < 4.78 is 50.4. The predicted octanol–water partition coefficient (Wildman–Crippen LogP) is 1.78. The molecule has 2 aliphatic heterocycles. The summed E-state index contributed by atoms with van der Waals surface area (Å²) in [5.74, 6) is -1.35. The Kier molecular flexibility index (Phi) is 6.80. The van der Waals surface area contributed by atoms with Crippen molar-refractivity contribution in [3.63, 3.8) is 0 Å². The molecule has 3 rings (SSSR count).